The van der Waals surface area contributed by atoms with Crippen LogP contribution in [-0.2, 0) is 9.31 Å². The zero-order valence-electron chi connectivity index (χ0n) is 26.2. The average Bonchev–Trinajstić information content (AvgIpc) is 3.29. The Morgan fingerprint density at radius 1 is 0.400 bits per heavy atom. The molecule has 1 heterocycles. The molecule has 0 saturated carbocycles. The minimum Gasteiger partial charge on any atom is -0.399 e. The molecule has 3 heteroatoms. The van der Waals surface area contributed by atoms with Crippen LogP contribution in [0.5, 0.6) is 0 Å². The summed E-state index contributed by atoms with van der Waals surface area (Å²) < 4.78 is 13.0. The normalized spacial score (nSPS) is 15.7. The van der Waals surface area contributed by atoms with Crippen molar-refractivity contribution in [2.75, 3.05) is 0 Å². The molecule has 1 aliphatic rings. The van der Waals surface area contributed by atoms with Crippen LogP contribution < -0.4 is 5.46 Å². The van der Waals surface area contributed by atoms with Crippen molar-refractivity contribution < 1.29 is 9.31 Å². The third-order valence-corrected chi connectivity index (χ3v) is 9.87. The van der Waals surface area contributed by atoms with Crippen LogP contribution in [0.15, 0.2) is 140 Å². The number of rotatable bonds is 4. The molecular weight excluding hydrogens is 547 g/mol. The summed E-state index contributed by atoms with van der Waals surface area (Å²) in [5, 5.41) is 7.32. The minimum atomic E-state index is -0.424. The first-order chi connectivity index (χ1) is 21.8. The molecule has 0 N–H and O–H groups in total. The van der Waals surface area contributed by atoms with E-state index in [2.05, 4.69) is 167 Å². The van der Waals surface area contributed by atoms with E-state index >= 15 is 0 Å². The lowest BCUT2D eigenvalue weighted by atomic mass is 9.74. The summed E-state index contributed by atoms with van der Waals surface area (Å²) >= 11 is 0. The topological polar surface area (TPSA) is 18.5 Å². The molecule has 0 bridgehead atoms. The summed E-state index contributed by atoms with van der Waals surface area (Å²) in [6, 6.07) is 50.6. The van der Waals surface area contributed by atoms with Crippen molar-refractivity contribution in [1.82, 2.24) is 0 Å². The zero-order chi connectivity index (χ0) is 30.8. The molecule has 8 rings (SSSR count). The maximum atomic E-state index is 6.51. The Morgan fingerprint density at radius 2 is 0.933 bits per heavy atom. The van der Waals surface area contributed by atoms with Crippen LogP contribution in [0, 0.1) is 0 Å². The van der Waals surface area contributed by atoms with Crippen LogP contribution in [-0.4, -0.2) is 18.3 Å². The molecule has 7 aromatic rings. The van der Waals surface area contributed by atoms with Gasteiger partial charge in [-0.15, -0.1) is 0 Å². The molecule has 1 saturated heterocycles. The molecule has 7 aromatic carbocycles. The Hall–Kier alpha value is -4.70. The van der Waals surface area contributed by atoms with Gasteiger partial charge in [0.25, 0.3) is 0 Å². The van der Waals surface area contributed by atoms with Crippen LogP contribution in [0.3, 0.4) is 0 Å². The van der Waals surface area contributed by atoms with E-state index in [4.69, 9.17) is 9.31 Å². The second kappa shape index (κ2) is 10.4. The summed E-state index contributed by atoms with van der Waals surface area (Å²) in [5.41, 5.74) is 7.53. The van der Waals surface area contributed by atoms with E-state index in [9.17, 15) is 0 Å². The highest BCUT2D eigenvalue weighted by Gasteiger charge is 2.52. The highest BCUT2D eigenvalue weighted by Crippen LogP contribution is 2.38. The number of hydrogen-bond donors (Lipinski definition) is 0. The van der Waals surface area contributed by atoms with E-state index in [0.29, 0.717) is 0 Å². The molecule has 1 aliphatic heterocycles. The lowest BCUT2D eigenvalue weighted by Crippen LogP contribution is -2.41. The van der Waals surface area contributed by atoms with E-state index in [1.165, 1.54) is 54.7 Å². The smallest absolute Gasteiger partial charge is 0.399 e. The van der Waals surface area contributed by atoms with Gasteiger partial charge in [0.05, 0.1) is 11.2 Å². The van der Waals surface area contributed by atoms with Gasteiger partial charge in [0, 0.05) is 0 Å². The maximum absolute atomic E-state index is 6.51. The van der Waals surface area contributed by atoms with Crippen molar-refractivity contribution in [3.63, 3.8) is 0 Å². The first kappa shape index (κ1) is 27.8. The maximum Gasteiger partial charge on any atom is 0.495 e. The van der Waals surface area contributed by atoms with Crippen molar-refractivity contribution in [3.8, 4) is 33.4 Å². The summed E-state index contributed by atoms with van der Waals surface area (Å²) in [7, 11) is -0.424. The van der Waals surface area contributed by atoms with Gasteiger partial charge >= 0.3 is 7.12 Å². The first-order valence-corrected chi connectivity index (χ1v) is 15.8. The molecule has 0 radical (unpaired) electrons. The lowest BCUT2D eigenvalue weighted by Gasteiger charge is -2.32. The Labute approximate surface area is 265 Å². The highest BCUT2D eigenvalue weighted by atomic mass is 16.7. The van der Waals surface area contributed by atoms with Crippen LogP contribution in [0.4, 0.5) is 0 Å². The van der Waals surface area contributed by atoms with E-state index < -0.39 is 18.3 Å². The predicted molar refractivity (Wildman–Crippen MR) is 191 cm³/mol. The molecular formula is C42H35BO2. The molecule has 0 atom stereocenters. The van der Waals surface area contributed by atoms with Crippen molar-refractivity contribution in [2.24, 2.45) is 0 Å². The highest BCUT2D eigenvalue weighted by molar-refractivity contribution is 6.65. The van der Waals surface area contributed by atoms with Gasteiger partial charge in [0.2, 0.25) is 0 Å². The fraction of sp³-hybridized carbons (Fsp3) is 0.143. The van der Waals surface area contributed by atoms with E-state index in [1.54, 1.807) is 0 Å². The summed E-state index contributed by atoms with van der Waals surface area (Å²) in [6.07, 6.45) is 0. The van der Waals surface area contributed by atoms with Gasteiger partial charge in [-0.25, -0.2) is 0 Å². The number of fused-ring (bicyclic) bond motifs is 3. The Morgan fingerprint density at radius 3 is 1.67 bits per heavy atom. The summed E-state index contributed by atoms with van der Waals surface area (Å²) in [6.45, 7) is 8.43. The van der Waals surface area contributed by atoms with Crippen LogP contribution >= 0.6 is 0 Å². The molecule has 45 heavy (non-hydrogen) atoms. The molecule has 0 spiro atoms. The Kier molecular flexibility index (Phi) is 6.46. The van der Waals surface area contributed by atoms with E-state index in [0.717, 1.165) is 16.4 Å². The second-order valence-corrected chi connectivity index (χ2v) is 13.3. The second-order valence-electron chi connectivity index (χ2n) is 13.3. The SMILES string of the molecule is CC1(C)OB(c2cc(-c3ccc4cc(-c5cccc(-c6cccc7ccccc67)c5)ccc4c3)cc3ccccc23)OC1(C)C. The first-order valence-electron chi connectivity index (χ1n) is 15.8. The van der Waals surface area contributed by atoms with Gasteiger partial charge in [-0.3, -0.25) is 0 Å². The van der Waals surface area contributed by atoms with Crippen molar-refractivity contribution >= 4 is 44.9 Å². The van der Waals surface area contributed by atoms with Gasteiger partial charge in [0.1, 0.15) is 0 Å². The average molecular weight is 583 g/mol. The number of benzene rings is 7. The minimum absolute atomic E-state index is 0.399. The largest absolute Gasteiger partial charge is 0.495 e. The quantitative estimate of drug-likeness (QED) is 0.192. The van der Waals surface area contributed by atoms with Gasteiger partial charge in [0.15, 0.2) is 0 Å². The standard InChI is InChI=1S/C42H35BO2/c1-41(2)42(3,4)45-43(44-41)40-27-36(26-35-12-6-8-17-39(35)40)33-22-21-31-23-30(19-20-32(31)24-33)29-14-9-15-34(25-29)38-18-10-13-28-11-5-7-16-37(28)38/h5-27H,1-4H3. The molecule has 1 fully saturated rings. The van der Waals surface area contributed by atoms with Gasteiger partial charge < -0.3 is 9.31 Å². The van der Waals surface area contributed by atoms with Crippen LogP contribution in [0.2, 0.25) is 0 Å². The van der Waals surface area contributed by atoms with E-state index in [-0.39, 0.29) is 0 Å². The molecule has 0 unspecified atom stereocenters. The van der Waals surface area contributed by atoms with Gasteiger partial charge in [-0.2, -0.15) is 0 Å². The lowest BCUT2D eigenvalue weighted by molar-refractivity contribution is 0.00578. The van der Waals surface area contributed by atoms with Crippen LogP contribution in [0.1, 0.15) is 27.7 Å². The zero-order valence-corrected chi connectivity index (χ0v) is 26.2. The monoisotopic (exact) mass is 582 g/mol. The summed E-state index contributed by atoms with van der Waals surface area (Å²) in [4.78, 5) is 0. The fourth-order valence-electron chi connectivity index (χ4n) is 6.62. The predicted octanol–water partition coefficient (Wildman–Crippen LogP) is 10.4. The molecule has 218 valence electrons. The molecule has 0 aliphatic carbocycles. The Balaban J connectivity index is 1.16. The van der Waals surface area contributed by atoms with Gasteiger partial charge in [-0.1, -0.05) is 115 Å². The third-order valence-electron chi connectivity index (χ3n) is 9.87. The van der Waals surface area contributed by atoms with E-state index in [1.807, 2.05) is 0 Å². The molecule has 0 aromatic heterocycles. The Bertz CT molecular complexity index is 2230. The summed E-state index contributed by atoms with van der Waals surface area (Å²) in [5.74, 6) is 0. The van der Waals surface area contributed by atoms with Crippen molar-refractivity contribution in [3.05, 3.63) is 140 Å². The fourth-order valence-corrected chi connectivity index (χ4v) is 6.62. The molecule has 2 nitrogen and oxygen atoms in total. The van der Waals surface area contributed by atoms with Gasteiger partial charge in [-0.05, 0) is 123 Å². The third kappa shape index (κ3) is 4.84. The number of hydrogen-bond acceptors (Lipinski definition) is 2. The molecule has 0 amide bonds. The van der Waals surface area contributed by atoms with Crippen LogP contribution in [0.25, 0.3) is 65.7 Å². The van der Waals surface area contributed by atoms with Crippen molar-refractivity contribution in [1.29, 1.82) is 0 Å². The van der Waals surface area contributed by atoms with Crippen molar-refractivity contribution in [2.45, 2.75) is 38.9 Å².